The maximum absolute atomic E-state index is 12.8. The number of benzene rings is 1. The van der Waals surface area contributed by atoms with Gasteiger partial charge in [0.2, 0.25) is 11.8 Å². The Labute approximate surface area is 167 Å². The first-order chi connectivity index (χ1) is 13.0. The SMILES string of the molecule is COC(=O)CC(NC(=O)C1CCN(C(=O)C2CC2)CC1)c1cccc(Br)c1. The molecule has 0 spiro atoms. The number of carbonyl (C=O) groups is 3. The van der Waals surface area contributed by atoms with Gasteiger partial charge < -0.3 is 15.0 Å². The number of nitrogens with zero attached hydrogens (tertiary/aromatic N) is 1. The van der Waals surface area contributed by atoms with Crippen molar-refractivity contribution in [3.8, 4) is 0 Å². The van der Waals surface area contributed by atoms with Crippen LogP contribution in [0.5, 0.6) is 0 Å². The minimum Gasteiger partial charge on any atom is -0.469 e. The third kappa shape index (κ3) is 5.31. The number of piperidine rings is 1. The lowest BCUT2D eigenvalue weighted by Crippen LogP contribution is -2.44. The van der Waals surface area contributed by atoms with Crippen molar-refractivity contribution in [1.82, 2.24) is 10.2 Å². The Morgan fingerprint density at radius 3 is 2.48 bits per heavy atom. The summed E-state index contributed by atoms with van der Waals surface area (Å²) in [6.45, 7) is 1.26. The van der Waals surface area contributed by atoms with Crippen LogP contribution in [0.25, 0.3) is 0 Å². The predicted molar refractivity (Wildman–Crippen MR) is 104 cm³/mol. The van der Waals surface area contributed by atoms with Gasteiger partial charge in [-0.25, -0.2) is 0 Å². The quantitative estimate of drug-likeness (QED) is 0.695. The lowest BCUT2D eigenvalue weighted by Gasteiger charge is -2.32. The average Bonchev–Trinajstić information content (AvgIpc) is 3.52. The molecule has 0 bridgehead atoms. The van der Waals surface area contributed by atoms with Crippen LogP contribution in [0, 0.1) is 11.8 Å². The van der Waals surface area contributed by atoms with Gasteiger partial charge in [0.05, 0.1) is 19.6 Å². The number of hydrogen-bond donors (Lipinski definition) is 1. The number of methoxy groups -OCH3 is 1. The fourth-order valence-electron chi connectivity index (χ4n) is 3.47. The van der Waals surface area contributed by atoms with Crippen LogP contribution in [0.15, 0.2) is 28.7 Å². The number of esters is 1. The van der Waals surface area contributed by atoms with Gasteiger partial charge in [-0.3, -0.25) is 14.4 Å². The Kier molecular flexibility index (Phi) is 6.52. The first-order valence-corrected chi connectivity index (χ1v) is 10.2. The number of ether oxygens (including phenoxy) is 1. The van der Waals surface area contributed by atoms with E-state index >= 15 is 0 Å². The van der Waals surface area contributed by atoms with Crippen molar-refractivity contribution >= 4 is 33.7 Å². The highest BCUT2D eigenvalue weighted by molar-refractivity contribution is 9.10. The van der Waals surface area contributed by atoms with Crippen LogP contribution in [-0.2, 0) is 19.1 Å². The first kappa shape index (κ1) is 19.9. The third-order valence-electron chi connectivity index (χ3n) is 5.27. The maximum Gasteiger partial charge on any atom is 0.307 e. The molecule has 1 heterocycles. The summed E-state index contributed by atoms with van der Waals surface area (Å²) in [4.78, 5) is 38.6. The van der Waals surface area contributed by atoms with Crippen molar-refractivity contribution in [2.45, 2.75) is 38.1 Å². The molecule has 0 aromatic heterocycles. The average molecular weight is 437 g/mol. The zero-order chi connectivity index (χ0) is 19.4. The van der Waals surface area contributed by atoms with E-state index in [1.165, 1.54) is 7.11 Å². The minimum atomic E-state index is -0.437. The summed E-state index contributed by atoms with van der Waals surface area (Å²) in [6, 6.07) is 7.11. The summed E-state index contributed by atoms with van der Waals surface area (Å²) in [5, 5.41) is 3.01. The second-order valence-electron chi connectivity index (χ2n) is 7.27. The monoisotopic (exact) mass is 436 g/mol. The normalized spacial score (nSPS) is 18.7. The molecular weight excluding hydrogens is 412 g/mol. The van der Waals surface area contributed by atoms with E-state index in [2.05, 4.69) is 21.2 Å². The highest BCUT2D eigenvalue weighted by Gasteiger charge is 2.36. The predicted octanol–water partition coefficient (Wildman–Crippen LogP) is 2.82. The molecule has 1 N–H and O–H groups in total. The minimum absolute atomic E-state index is 0.0672. The maximum atomic E-state index is 12.8. The van der Waals surface area contributed by atoms with Crippen LogP contribution in [-0.4, -0.2) is 42.9 Å². The molecule has 6 nitrogen and oxygen atoms in total. The van der Waals surface area contributed by atoms with E-state index in [0.29, 0.717) is 25.9 Å². The van der Waals surface area contributed by atoms with Gasteiger partial charge in [0.25, 0.3) is 0 Å². The fourth-order valence-corrected chi connectivity index (χ4v) is 3.88. The summed E-state index contributed by atoms with van der Waals surface area (Å²) in [5.74, 6) is -0.115. The molecule has 2 amide bonds. The zero-order valence-corrected chi connectivity index (χ0v) is 17.0. The molecule has 7 heteroatoms. The largest absolute Gasteiger partial charge is 0.469 e. The van der Waals surface area contributed by atoms with Crippen LogP contribution < -0.4 is 5.32 Å². The summed E-state index contributed by atoms with van der Waals surface area (Å²) < 4.78 is 5.67. The van der Waals surface area contributed by atoms with Crippen molar-refractivity contribution < 1.29 is 19.1 Å². The van der Waals surface area contributed by atoms with Crippen LogP contribution in [0.3, 0.4) is 0 Å². The lowest BCUT2D eigenvalue weighted by atomic mass is 9.94. The van der Waals surface area contributed by atoms with Crippen LogP contribution in [0.4, 0.5) is 0 Å². The van der Waals surface area contributed by atoms with E-state index in [4.69, 9.17) is 4.74 Å². The number of likely N-dealkylation sites (tertiary alicyclic amines) is 1. The molecule has 1 saturated heterocycles. The Morgan fingerprint density at radius 2 is 1.89 bits per heavy atom. The van der Waals surface area contributed by atoms with E-state index < -0.39 is 6.04 Å². The van der Waals surface area contributed by atoms with Gasteiger partial charge in [-0.05, 0) is 43.4 Å². The van der Waals surface area contributed by atoms with E-state index in [-0.39, 0.29) is 36.0 Å². The summed E-state index contributed by atoms with van der Waals surface area (Å²) in [7, 11) is 1.34. The first-order valence-electron chi connectivity index (χ1n) is 9.39. The Bertz CT molecular complexity index is 712. The standard InChI is InChI=1S/C20H25BrN2O4/c1-27-18(24)12-17(15-3-2-4-16(21)11-15)22-19(25)13-7-9-23(10-8-13)20(26)14-5-6-14/h2-4,11,13-14,17H,5-10,12H2,1H3,(H,22,25). The van der Waals surface area contributed by atoms with Crippen molar-refractivity contribution in [3.05, 3.63) is 34.3 Å². The molecule has 1 unspecified atom stereocenters. The fraction of sp³-hybridized carbons (Fsp3) is 0.550. The van der Waals surface area contributed by atoms with Gasteiger partial charge in [0.15, 0.2) is 0 Å². The van der Waals surface area contributed by atoms with E-state index in [1.54, 1.807) is 0 Å². The topological polar surface area (TPSA) is 75.7 Å². The second-order valence-corrected chi connectivity index (χ2v) is 8.19. The number of nitrogens with one attached hydrogen (secondary N) is 1. The van der Waals surface area contributed by atoms with Gasteiger partial charge >= 0.3 is 5.97 Å². The molecule has 1 atom stereocenters. The van der Waals surface area contributed by atoms with Crippen molar-refractivity contribution in [2.75, 3.05) is 20.2 Å². The van der Waals surface area contributed by atoms with E-state index in [1.807, 2.05) is 29.2 Å². The molecular formula is C20H25BrN2O4. The van der Waals surface area contributed by atoms with Gasteiger partial charge in [-0.15, -0.1) is 0 Å². The highest BCUT2D eigenvalue weighted by Crippen LogP contribution is 2.32. The van der Waals surface area contributed by atoms with Crippen LogP contribution >= 0.6 is 15.9 Å². The van der Waals surface area contributed by atoms with Gasteiger partial charge in [0.1, 0.15) is 0 Å². The summed E-state index contributed by atoms with van der Waals surface area (Å²) in [5.41, 5.74) is 0.851. The molecule has 1 aliphatic carbocycles. The zero-order valence-electron chi connectivity index (χ0n) is 15.4. The molecule has 1 aliphatic heterocycles. The van der Waals surface area contributed by atoms with Crippen molar-refractivity contribution in [2.24, 2.45) is 11.8 Å². The number of rotatable bonds is 6. The van der Waals surface area contributed by atoms with Crippen molar-refractivity contribution in [1.29, 1.82) is 0 Å². The molecule has 1 saturated carbocycles. The lowest BCUT2D eigenvalue weighted by molar-refractivity contribution is -0.142. The van der Waals surface area contributed by atoms with Gasteiger partial charge in [0, 0.05) is 29.4 Å². The Morgan fingerprint density at radius 1 is 1.19 bits per heavy atom. The second kappa shape index (κ2) is 8.87. The molecule has 3 rings (SSSR count). The summed E-state index contributed by atoms with van der Waals surface area (Å²) in [6.07, 6.45) is 3.40. The molecule has 1 aromatic rings. The van der Waals surface area contributed by atoms with Crippen LogP contribution in [0.1, 0.15) is 43.7 Å². The smallest absolute Gasteiger partial charge is 0.307 e. The Hall–Kier alpha value is -1.89. The van der Waals surface area contributed by atoms with Gasteiger partial charge in [-0.1, -0.05) is 28.1 Å². The number of amides is 2. The molecule has 0 radical (unpaired) electrons. The van der Waals surface area contributed by atoms with E-state index in [9.17, 15) is 14.4 Å². The number of carbonyl (C=O) groups excluding carboxylic acids is 3. The van der Waals surface area contributed by atoms with E-state index in [0.717, 1.165) is 22.9 Å². The third-order valence-corrected chi connectivity index (χ3v) is 5.76. The number of halogens is 1. The molecule has 27 heavy (non-hydrogen) atoms. The molecule has 2 aliphatic rings. The summed E-state index contributed by atoms with van der Waals surface area (Å²) >= 11 is 3.43. The number of hydrogen-bond acceptors (Lipinski definition) is 4. The highest BCUT2D eigenvalue weighted by atomic mass is 79.9. The van der Waals surface area contributed by atoms with Crippen molar-refractivity contribution in [3.63, 3.8) is 0 Å². The van der Waals surface area contributed by atoms with Gasteiger partial charge in [-0.2, -0.15) is 0 Å². The molecule has 146 valence electrons. The molecule has 1 aromatic carbocycles. The molecule has 2 fully saturated rings. The van der Waals surface area contributed by atoms with Crippen LogP contribution in [0.2, 0.25) is 0 Å². The Balaban J connectivity index is 1.60.